The number of methoxy groups -OCH3 is 1. The monoisotopic (exact) mass is 298 g/mol. The molecule has 0 atom stereocenters. The van der Waals surface area contributed by atoms with Crippen LogP contribution in [0.25, 0.3) is 0 Å². The Balaban J connectivity index is 1.79. The molecule has 0 unspecified atom stereocenters. The van der Waals surface area contributed by atoms with E-state index in [9.17, 15) is 0 Å². The summed E-state index contributed by atoms with van der Waals surface area (Å²) in [5.41, 5.74) is 2.55. The molecule has 0 heterocycles. The number of nitrogens with two attached hydrogens (primary N) is 1. The molecule has 3 heteroatoms. The summed E-state index contributed by atoms with van der Waals surface area (Å²) < 4.78 is 10.8. The number of para-hydroxylation sites is 1. The van der Waals surface area contributed by atoms with Crippen LogP contribution in [0, 0.1) is 0 Å². The van der Waals surface area contributed by atoms with Crippen LogP contribution >= 0.6 is 0 Å². The fourth-order valence-corrected chi connectivity index (χ4v) is 2.28. The summed E-state index contributed by atoms with van der Waals surface area (Å²) in [6.45, 7) is 6.19. The normalized spacial score (nSPS) is 10.2. The molecule has 2 rings (SSSR count). The largest absolute Gasteiger partial charge is 0.497 e. The van der Waals surface area contributed by atoms with Gasteiger partial charge in [0.15, 0.2) is 0 Å². The van der Waals surface area contributed by atoms with Crippen LogP contribution in [0.2, 0.25) is 0 Å². The summed E-state index contributed by atoms with van der Waals surface area (Å²) in [7, 11) is 1.69. The van der Waals surface area contributed by atoms with Crippen molar-refractivity contribution in [1.29, 1.82) is 0 Å². The first-order valence-electron chi connectivity index (χ1n) is 7.59. The van der Waals surface area contributed by atoms with Gasteiger partial charge in [0.05, 0.1) is 13.7 Å². The number of ether oxygens (including phenoxy) is 2. The van der Waals surface area contributed by atoms with Crippen molar-refractivity contribution in [2.75, 3.05) is 20.3 Å². The zero-order chi connectivity index (χ0) is 15.6. The lowest BCUT2D eigenvalue weighted by molar-refractivity contribution is -0.670. The molecule has 0 saturated heterocycles. The summed E-state index contributed by atoms with van der Waals surface area (Å²) in [5, 5.41) is 2.31. The van der Waals surface area contributed by atoms with Crippen molar-refractivity contribution in [2.45, 2.75) is 13.0 Å². The van der Waals surface area contributed by atoms with E-state index >= 15 is 0 Å². The van der Waals surface area contributed by atoms with Crippen molar-refractivity contribution in [3.8, 4) is 11.5 Å². The maximum atomic E-state index is 5.68. The van der Waals surface area contributed by atoms with Crippen molar-refractivity contribution in [3.05, 3.63) is 72.3 Å². The van der Waals surface area contributed by atoms with E-state index in [0.29, 0.717) is 6.61 Å². The van der Waals surface area contributed by atoms with Gasteiger partial charge in [0.2, 0.25) is 0 Å². The van der Waals surface area contributed by atoms with Crippen molar-refractivity contribution < 1.29 is 14.8 Å². The fraction of sp³-hybridized carbons (Fsp3) is 0.263. The van der Waals surface area contributed by atoms with Gasteiger partial charge in [-0.2, -0.15) is 0 Å². The van der Waals surface area contributed by atoms with Gasteiger partial charge in [-0.1, -0.05) is 36.9 Å². The Morgan fingerprint density at radius 2 is 1.86 bits per heavy atom. The first kappa shape index (κ1) is 16.1. The Bertz CT molecular complexity index is 578. The number of hydrogen-bond donors (Lipinski definition) is 1. The highest BCUT2D eigenvalue weighted by Gasteiger charge is 2.04. The Morgan fingerprint density at radius 1 is 1.09 bits per heavy atom. The van der Waals surface area contributed by atoms with E-state index in [1.807, 2.05) is 30.3 Å². The summed E-state index contributed by atoms with van der Waals surface area (Å²) in [4.78, 5) is 0. The second-order valence-corrected chi connectivity index (χ2v) is 5.09. The van der Waals surface area contributed by atoms with Crippen molar-refractivity contribution in [1.82, 2.24) is 0 Å². The predicted molar refractivity (Wildman–Crippen MR) is 89.3 cm³/mol. The van der Waals surface area contributed by atoms with Crippen molar-refractivity contribution in [2.24, 2.45) is 0 Å². The molecule has 0 fully saturated rings. The van der Waals surface area contributed by atoms with Gasteiger partial charge in [-0.05, 0) is 29.8 Å². The molecular weight excluding hydrogens is 274 g/mol. The van der Waals surface area contributed by atoms with E-state index in [-0.39, 0.29) is 0 Å². The average Bonchev–Trinajstić information content (AvgIpc) is 2.58. The Hall–Kier alpha value is -2.26. The second-order valence-electron chi connectivity index (χ2n) is 5.09. The quantitative estimate of drug-likeness (QED) is 0.570. The first-order valence-corrected chi connectivity index (χ1v) is 7.59. The molecule has 0 spiro atoms. The first-order chi connectivity index (χ1) is 10.8. The summed E-state index contributed by atoms with van der Waals surface area (Å²) in [5.74, 6) is 1.85. The minimum atomic E-state index is 0.545. The molecule has 2 N–H and O–H groups in total. The molecule has 0 aliphatic carbocycles. The third kappa shape index (κ3) is 4.93. The lowest BCUT2D eigenvalue weighted by Gasteiger charge is -2.09. The summed E-state index contributed by atoms with van der Waals surface area (Å²) in [6, 6.07) is 16.4. The maximum Gasteiger partial charge on any atom is 0.128 e. The minimum absolute atomic E-state index is 0.545. The lowest BCUT2D eigenvalue weighted by Crippen LogP contribution is -2.83. The van der Waals surface area contributed by atoms with Crippen molar-refractivity contribution >= 4 is 0 Å². The minimum Gasteiger partial charge on any atom is -0.497 e. The van der Waals surface area contributed by atoms with Crippen LogP contribution < -0.4 is 14.8 Å². The molecule has 0 aromatic heterocycles. The van der Waals surface area contributed by atoms with Gasteiger partial charge in [-0.25, -0.2) is 0 Å². The van der Waals surface area contributed by atoms with Crippen LogP contribution in [0.5, 0.6) is 11.5 Å². The summed E-state index contributed by atoms with van der Waals surface area (Å²) in [6.07, 6.45) is 2.81. The molecule has 2 aromatic rings. The average molecular weight is 298 g/mol. The Labute approximate surface area is 132 Å². The predicted octanol–water partition coefficient (Wildman–Crippen LogP) is 2.57. The third-order valence-electron chi connectivity index (χ3n) is 3.49. The number of benzene rings is 2. The molecule has 0 aliphatic heterocycles. The highest BCUT2D eigenvalue weighted by atomic mass is 16.5. The molecule has 0 radical (unpaired) electrons. The van der Waals surface area contributed by atoms with Gasteiger partial charge >= 0.3 is 0 Å². The Kier molecular flexibility index (Phi) is 6.52. The smallest absolute Gasteiger partial charge is 0.128 e. The van der Waals surface area contributed by atoms with Gasteiger partial charge in [0, 0.05) is 12.0 Å². The number of rotatable bonds is 9. The molecule has 0 aliphatic rings. The highest BCUT2D eigenvalue weighted by molar-refractivity contribution is 5.32. The Morgan fingerprint density at radius 3 is 2.59 bits per heavy atom. The van der Waals surface area contributed by atoms with E-state index < -0.39 is 0 Å². The standard InChI is InChI=1S/C19H23NO2/c1-3-14-22-19-7-5-4-6-17(19)15-20-13-12-16-8-10-18(21-2)11-9-16/h3-11,20H,1,12-15H2,2H3/p+1. The molecule has 0 amide bonds. The van der Waals surface area contributed by atoms with Gasteiger partial charge in [0.1, 0.15) is 24.7 Å². The molecule has 22 heavy (non-hydrogen) atoms. The van der Waals surface area contributed by atoms with Crippen LogP contribution in [0.4, 0.5) is 0 Å². The van der Waals surface area contributed by atoms with Crippen LogP contribution in [0.1, 0.15) is 11.1 Å². The van der Waals surface area contributed by atoms with Crippen LogP contribution in [0.15, 0.2) is 61.2 Å². The van der Waals surface area contributed by atoms with E-state index in [2.05, 4.69) is 30.1 Å². The third-order valence-corrected chi connectivity index (χ3v) is 3.49. The summed E-state index contributed by atoms with van der Waals surface area (Å²) >= 11 is 0. The molecule has 2 aromatic carbocycles. The van der Waals surface area contributed by atoms with E-state index in [1.54, 1.807) is 13.2 Å². The van der Waals surface area contributed by atoms with Gasteiger partial charge < -0.3 is 14.8 Å². The molecule has 116 valence electrons. The molecule has 3 nitrogen and oxygen atoms in total. The van der Waals surface area contributed by atoms with Gasteiger partial charge in [-0.15, -0.1) is 0 Å². The van der Waals surface area contributed by atoms with Crippen LogP contribution in [-0.4, -0.2) is 20.3 Å². The topological polar surface area (TPSA) is 35.1 Å². The van der Waals surface area contributed by atoms with E-state index in [1.165, 1.54) is 11.1 Å². The number of hydrogen-bond acceptors (Lipinski definition) is 2. The van der Waals surface area contributed by atoms with Crippen molar-refractivity contribution in [3.63, 3.8) is 0 Å². The van der Waals surface area contributed by atoms with E-state index in [4.69, 9.17) is 9.47 Å². The zero-order valence-corrected chi connectivity index (χ0v) is 13.1. The highest BCUT2D eigenvalue weighted by Crippen LogP contribution is 2.16. The fourth-order valence-electron chi connectivity index (χ4n) is 2.28. The molecule has 0 saturated carbocycles. The lowest BCUT2D eigenvalue weighted by atomic mass is 10.1. The second kappa shape index (κ2) is 8.90. The number of quaternary nitrogens is 1. The zero-order valence-electron chi connectivity index (χ0n) is 13.1. The van der Waals surface area contributed by atoms with Crippen LogP contribution in [0.3, 0.4) is 0 Å². The maximum absolute atomic E-state index is 5.68. The molecule has 0 bridgehead atoms. The SMILES string of the molecule is C=CCOc1ccccc1C[NH2+]CCc1ccc(OC)cc1. The van der Waals surface area contributed by atoms with Gasteiger partial charge in [-0.3, -0.25) is 0 Å². The van der Waals surface area contributed by atoms with Gasteiger partial charge in [0.25, 0.3) is 0 Å². The van der Waals surface area contributed by atoms with Crippen LogP contribution in [-0.2, 0) is 13.0 Å². The van der Waals surface area contributed by atoms with E-state index in [0.717, 1.165) is 31.0 Å². The molecular formula is C19H24NO2+.